The van der Waals surface area contributed by atoms with Gasteiger partial charge < -0.3 is 19.8 Å². The first-order valence-electron chi connectivity index (χ1n) is 8.86. The number of aromatic amines is 1. The van der Waals surface area contributed by atoms with Crippen LogP contribution >= 0.6 is 0 Å². The molecule has 1 aromatic carbocycles. The predicted molar refractivity (Wildman–Crippen MR) is 97.8 cm³/mol. The fraction of sp³-hybridized carbons (Fsp3) is 0.400. The average molecular weight is 356 g/mol. The van der Waals surface area contributed by atoms with Crippen LogP contribution in [0.25, 0.3) is 0 Å². The van der Waals surface area contributed by atoms with Crippen LogP contribution in [0.4, 0.5) is 0 Å². The Morgan fingerprint density at radius 2 is 2.04 bits per heavy atom. The number of aromatic nitrogens is 1. The molecule has 0 aliphatic carbocycles. The van der Waals surface area contributed by atoms with Gasteiger partial charge in [0, 0.05) is 24.4 Å². The molecule has 0 saturated carbocycles. The van der Waals surface area contributed by atoms with E-state index in [-0.39, 0.29) is 24.4 Å². The highest BCUT2D eigenvalue weighted by Gasteiger charge is 2.23. The SMILES string of the molecule is Cc1[nH]c(C(=O)NCC2CCCO2)c(C)c1C(=O)COc1ccccc1. The average Bonchev–Trinajstić information content (AvgIpc) is 3.26. The minimum atomic E-state index is -0.218. The molecule has 0 radical (unpaired) electrons. The number of hydrogen-bond acceptors (Lipinski definition) is 4. The van der Waals surface area contributed by atoms with E-state index in [1.165, 1.54) is 0 Å². The highest BCUT2D eigenvalue weighted by atomic mass is 16.5. The van der Waals surface area contributed by atoms with E-state index in [9.17, 15) is 9.59 Å². The minimum Gasteiger partial charge on any atom is -0.485 e. The Hall–Kier alpha value is -2.60. The molecular formula is C20H24N2O4. The molecule has 2 N–H and O–H groups in total. The fourth-order valence-electron chi connectivity index (χ4n) is 3.23. The number of para-hydroxylation sites is 1. The van der Waals surface area contributed by atoms with Crippen LogP contribution in [0.3, 0.4) is 0 Å². The second-order valence-electron chi connectivity index (χ2n) is 6.49. The van der Waals surface area contributed by atoms with Gasteiger partial charge >= 0.3 is 0 Å². The van der Waals surface area contributed by atoms with Crippen molar-refractivity contribution in [3.05, 3.63) is 52.8 Å². The van der Waals surface area contributed by atoms with Gasteiger partial charge in [0.1, 0.15) is 11.4 Å². The van der Waals surface area contributed by atoms with E-state index in [0.717, 1.165) is 19.4 Å². The maximum atomic E-state index is 12.6. The van der Waals surface area contributed by atoms with E-state index in [1.54, 1.807) is 26.0 Å². The fourth-order valence-corrected chi connectivity index (χ4v) is 3.23. The van der Waals surface area contributed by atoms with Crippen LogP contribution in [0.15, 0.2) is 30.3 Å². The van der Waals surface area contributed by atoms with E-state index in [2.05, 4.69) is 10.3 Å². The summed E-state index contributed by atoms with van der Waals surface area (Å²) in [5.41, 5.74) is 2.26. The Labute approximate surface area is 152 Å². The molecule has 0 bridgehead atoms. The van der Waals surface area contributed by atoms with Gasteiger partial charge in [-0.25, -0.2) is 0 Å². The van der Waals surface area contributed by atoms with Gasteiger partial charge in [-0.15, -0.1) is 0 Å². The van der Waals surface area contributed by atoms with Crippen LogP contribution in [-0.4, -0.2) is 42.5 Å². The third-order valence-corrected chi connectivity index (χ3v) is 4.57. The lowest BCUT2D eigenvalue weighted by atomic mass is 10.1. The number of carbonyl (C=O) groups is 2. The second-order valence-corrected chi connectivity index (χ2v) is 6.49. The molecular weight excluding hydrogens is 332 g/mol. The molecule has 6 nitrogen and oxygen atoms in total. The van der Waals surface area contributed by atoms with E-state index in [1.807, 2.05) is 18.2 Å². The molecule has 1 aliphatic rings. The number of nitrogens with one attached hydrogen (secondary N) is 2. The third-order valence-electron chi connectivity index (χ3n) is 4.57. The van der Waals surface area contributed by atoms with E-state index in [4.69, 9.17) is 9.47 Å². The number of Topliss-reactive ketones (excluding diaryl/α,β-unsaturated/α-hetero) is 1. The van der Waals surface area contributed by atoms with Crippen LogP contribution in [-0.2, 0) is 4.74 Å². The van der Waals surface area contributed by atoms with Crippen molar-refractivity contribution in [2.75, 3.05) is 19.8 Å². The number of aryl methyl sites for hydroxylation is 1. The summed E-state index contributed by atoms with van der Waals surface area (Å²) in [6.07, 6.45) is 2.07. The molecule has 1 saturated heterocycles. The largest absolute Gasteiger partial charge is 0.485 e. The van der Waals surface area contributed by atoms with Crippen molar-refractivity contribution in [3.63, 3.8) is 0 Å². The third kappa shape index (κ3) is 4.14. The molecule has 1 amide bonds. The first kappa shape index (κ1) is 18.2. The number of H-pyrrole nitrogens is 1. The normalized spacial score (nSPS) is 16.5. The van der Waals surface area contributed by atoms with Crippen LogP contribution in [0.1, 0.15) is 44.9 Å². The van der Waals surface area contributed by atoms with Crippen molar-refractivity contribution in [1.82, 2.24) is 10.3 Å². The minimum absolute atomic E-state index is 0.0689. The molecule has 26 heavy (non-hydrogen) atoms. The molecule has 138 valence electrons. The topological polar surface area (TPSA) is 80.4 Å². The zero-order valence-corrected chi connectivity index (χ0v) is 15.1. The van der Waals surface area contributed by atoms with Crippen molar-refractivity contribution in [2.24, 2.45) is 0 Å². The first-order valence-corrected chi connectivity index (χ1v) is 8.86. The molecule has 6 heteroatoms. The zero-order valence-electron chi connectivity index (χ0n) is 15.1. The molecule has 2 aromatic rings. The first-order chi connectivity index (χ1) is 12.6. The molecule has 1 fully saturated rings. The summed E-state index contributed by atoms with van der Waals surface area (Å²) in [5, 5.41) is 2.88. The summed E-state index contributed by atoms with van der Waals surface area (Å²) in [7, 11) is 0. The van der Waals surface area contributed by atoms with Gasteiger partial charge in [0.05, 0.1) is 6.10 Å². The monoisotopic (exact) mass is 356 g/mol. The lowest BCUT2D eigenvalue weighted by Crippen LogP contribution is -2.32. The van der Waals surface area contributed by atoms with Crippen LogP contribution in [0, 0.1) is 13.8 Å². The van der Waals surface area contributed by atoms with E-state index in [0.29, 0.717) is 34.8 Å². The van der Waals surface area contributed by atoms with Gasteiger partial charge in [-0.1, -0.05) is 18.2 Å². The number of hydrogen-bond donors (Lipinski definition) is 2. The smallest absolute Gasteiger partial charge is 0.268 e. The summed E-state index contributed by atoms with van der Waals surface area (Å²) in [5.74, 6) is 0.267. The number of rotatable bonds is 7. The summed E-state index contributed by atoms with van der Waals surface area (Å²) in [4.78, 5) is 28.1. The van der Waals surface area contributed by atoms with Crippen LogP contribution in [0.2, 0.25) is 0 Å². The Bertz CT molecular complexity index is 777. The molecule has 3 rings (SSSR count). The molecule has 1 aliphatic heterocycles. The maximum Gasteiger partial charge on any atom is 0.268 e. The Morgan fingerprint density at radius 3 is 2.73 bits per heavy atom. The highest BCUT2D eigenvalue weighted by Crippen LogP contribution is 2.20. The lowest BCUT2D eigenvalue weighted by Gasteiger charge is -2.10. The summed E-state index contributed by atoms with van der Waals surface area (Å²) in [6, 6.07) is 9.19. The highest BCUT2D eigenvalue weighted by molar-refractivity contribution is 6.04. The van der Waals surface area contributed by atoms with Crippen molar-refractivity contribution in [3.8, 4) is 5.75 Å². The Balaban J connectivity index is 1.64. The van der Waals surface area contributed by atoms with E-state index >= 15 is 0 Å². The standard InChI is InChI=1S/C20H24N2O4/c1-13-18(17(23)12-26-15-7-4-3-5-8-15)14(2)22-19(13)20(24)21-11-16-9-6-10-25-16/h3-5,7-8,16,22H,6,9-12H2,1-2H3,(H,21,24). The predicted octanol–water partition coefficient (Wildman–Crippen LogP) is 2.80. The molecule has 1 aromatic heterocycles. The summed E-state index contributed by atoms with van der Waals surface area (Å²) in [6.45, 7) is 4.73. The Kier molecular flexibility index (Phi) is 5.73. The number of amides is 1. The number of ether oxygens (including phenoxy) is 2. The quantitative estimate of drug-likeness (QED) is 0.748. The van der Waals surface area contributed by atoms with Gasteiger partial charge in [-0.3, -0.25) is 9.59 Å². The number of benzene rings is 1. The molecule has 1 atom stereocenters. The summed E-state index contributed by atoms with van der Waals surface area (Å²) < 4.78 is 11.1. The zero-order chi connectivity index (χ0) is 18.5. The van der Waals surface area contributed by atoms with Crippen LogP contribution < -0.4 is 10.1 Å². The van der Waals surface area contributed by atoms with Crippen molar-refractivity contribution in [1.29, 1.82) is 0 Å². The van der Waals surface area contributed by atoms with Gasteiger partial charge in [0.2, 0.25) is 5.78 Å². The molecule has 1 unspecified atom stereocenters. The second kappa shape index (κ2) is 8.19. The van der Waals surface area contributed by atoms with Crippen molar-refractivity contribution in [2.45, 2.75) is 32.8 Å². The van der Waals surface area contributed by atoms with Gasteiger partial charge in [0.25, 0.3) is 5.91 Å². The Morgan fingerprint density at radius 1 is 1.27 bits per heavy atom. The van der Waals surface area contributed by atoms with Crippen molar-refractivity contribution >= 4 is 11.7 Å². The van der Waals surface area contributed by atoms with Gasteiger partial charge in [-0.05, 0) is 44.4 Å². The van der Waals surface area contributed by atoms with Crippen molar-refractivity contribution < 1.29 is 19.1 Å². The molecule has 2 heterocycles. The van der Waals surface area contributed by atoms with Gasteiger partial charge in [-0.2, -0.15) is 0 Å². The maximum absolute atomic E-state index is 12.6. The summed E-state index contributed by atoms with van der Waals surface area (Å²) >= 11 is 0. The number of ketones is 1. The van der Waals surface area contributed by atoms with E-state index < -0.39 is 0 Å². The van der Waals surface area contributed by atoms with Gasteiger partial charge in [0.15, 0.2) is 6.61 Å². The number of carbonyl (C=O) groups excluding carboxylic acids is 2. The van der Waals surface area contributed by atoms with Crippen LogP contribution in [0.5, 0.6) is 5.75 Å². The lowest BCUT2D eigenvalue weighted by molar-refractivity contribution is 0.0853. The molecule has 0 spiro atoms.